The maximum Gasteiger partial charge on any atom is 0.313 e. The van der Waals surface area contributed by atoms with E-state index in [-0.39, 0.29) is 0 Å². The van der Waals surface area contributed by atoms with Crippen LogP contribution in [0.1, 0.15) is 10.5 Å². The van der Waals surface area contributed by atoms with Crippen molar-refractivity contribution in [3.63, 3.8) is 0 Å². The van der Waals surface area contributed by atoms with Crippen LogP contribution in [-0.2, 0) is 0 Å². The Hall–Kier alpha value is -1.09. The summed E-state index contributed by atoms with van der Waals surface area (Å²) in [6.07, 6.45) is 1.56. The number of hydrogen-bond donors (Lipinski definition) is 1. The highest BCUT2D eigenvalue weighted by Gasteiger charge is 2.06. The molecule has 3 nitrogen and oxygen atoms in total. The highest BCUT2D eigenvalue weighted by molar-refractivity contribution is 6.30. The molecule has 0 aliphatic heterocycles. The number of amides is 1. The van der Waals surface area contributed by atoms with Crippen molar-refractivity contribution >= 4 is 17.5 Å². The summed E-state index contributed by atoms with van der Waals surface area (Å²) in [5.41, 5.74) is 5.27. The van der Waals surface area contributed by atoms with Gasteiger partial charge in [-0.15, -0.1) is 0 Å². The van der Waals surface area contributed by atoms with E-state index in [1.165, 1.54) is 6.07 Å². The minimum atomic E-state index is -0.512. The van der Waals surface area contributed by atoms with Gasteiger partial charge in [-0.1, -0.05) is 11.6 Å². The van der Waals surface area contributed by atoms with Gasteiger partial charge in [0.05, 0.1) is 5.02 Å². The number of rotatable bonds is 1. The minimum absolute atomic E-state index is 0.313. The molecule has 1 aromatic rings. The lowest BCUT2D eigenvalue weighted by atomic mass is 10.3. The summed E-state index contributed by atoms with van der Waals surface area (Å²) in [7, 11) is 0. The first-order chi connectivity index (χ1) is 4.70. The highest BCUT2D eigenvalue weighted by atomic mass is 35.5. The monoisotopic (exact) mass is 157 g/mol. The van der Waals surface area contributed by atoms with Crippen molar-refractivity contribution in [3.05, 3.63) is 29.0 Å². The standard InChI is InChI=1S/C6H5ClN2O/c7-4-1-2-9-5(3-4)6(8)10/h1-3H,(H2,8,10)/p+1. The third kappa shape index (κ3) is 1.45. The Morgan fingerprint density at radius 3 is 2.80 bits per heavy atom. The van der Waals surface area contributed by atoms with Crippen LogP contribution < -0.4 is 10.7 Å². The first kappa shape index (κ1) is 7.02. The molecule has 0 saturated heterocycles. The van der Waals surface area contributed by atoms with Gasteiger partial charge in [-0.3, -0.25) is 4.79 Å². The van der Waals surface area contributed by atoms with Crippen LogP contribution in [0.3, 0.4) is 0 Å². The summed E-state index contributed by atoms with van der Waals surface area (Å²) in [4.78, 5) is 13.1. The number of H-pyrrole nitrogens is 1. The molecule has 0 atom stereocenters. The summed E-state index contributed by atoms with van der Waals surface area (Å²) in [5, 5.41) is 0.493. The second kappa shape index (κ2) is 2.66. The minimum Gasteiger partial charge on any atom is -0.360 e. The Bertz CT molecular complexity index is 262. The lowest BCUT2D eigenvalue weighted by Gasteiger charge is -1.86. The molecule has 3 N–H and O–H groups in total. The van der Waals surface area contributed by atoms with Gasteiger partial charge in [-0.25, -0.2) is 4.98 Å². The lowest BCUT2D eigenvalue weighted by molar-refractivity contribution is -0.381. The first-order valence-electron chi connectivity index (χ1n) is 2.67. The molecule has 10 heavy (non-hydrogen) atoms. The smallest absolute Gasteiger partial charge is 0.313 e. The van der Waals surface area contributed by atoms with Gasteiger partial charge >= 0.3 is 5.91 Å². The Kier molecular flexibility index (Phi) is 1.87. The number of pyridine rings is 1. The Balaban J connectivity index is 3.07. The molecule has 1 rings (SSSR count). The maximum atomic E-state index is 10.5. The fourth-order valence-corrected chi connectivity index (χ4v) is 0.753. The molecular formula is C6H6ClN2O+. The van der Waals surface area contributed by atoms with Gasteiger partial charge in [-0.2, -0.15) is 0 Å². The van der Waals surface area contributed by atoms with Crippen LogP contribution in [0.4, 0.5) is 0 Å². The van der Waals surface area contributed by atoms with Gasteiger partial charge < -0.3 is 5.73 Å². The van der Waals surface area contributed by atoms with Crippen molar-refractivity contribution in [1.29, 1.82) is 0 Å². The van der Waals surface area contributed by atoms with Crippen molar-refractivity contribution in [2.24, 2.45) is 5.73 Å². The van der Waals surface area contributed by atoms with Crippen LogP contribution in [0, 0.1) is 0 Å². The van der Waals surface area contributed by atoms with Crippen molar-refractivity contribution in [2.75, 3.05) is 0 Å². The predicted molar refractivity (Wildman–Crippen MR) is 36.5 cm³/mol. The van der Waals surface area contributed by atoms with Gasteiger partial charge in [0, 0.05) is 12.1 Å². The third-order valence-electron chi connectivity index (χ3n) is 1.03. The summed E-state index contributed by atoms with van der Waals surface area (Å²) in [6, 6.07) is 3.11. The molecule has 0 aliphatic rings. The van der Waals surface area contributed by atoms with E-state index in [9.17, 15) is 4.79 Å². The molecule has 0 radical (unpaired) electrons. The average molecular weight is 158 g/mol. The van der Waals surface area contributed by atoms with E-state index < -0.39 is 5.91 Å². The average Bonchev–Trinajstić information content (AvgIpc) is 1.88. The molecule has 0 fully saturated rings. The molecule has 1 amide bonds. The molecule has 0 aromatic carbocycles. The topological polar surface area (TPSA) is 57.2 Å². The number of aromatic nitrogens is 1. The van der Waals surface area contributed by atoms with E-state index >= 15 is 0 Å². The molecule has 0 spiro atoms. The number of halogens is 1. The number of nitrogens with two attached hydrogens (primary N) is 1. The van der Waals surface area contributed by atoms with E-state index in [0.717, 1.165) is 0 Å². The van der Waals surface area contributed by atoms with Crippen molar-refractivity contribution in [2.45, 2.75) is 0 Å². The second-order valence-electron chi connectivity index (χ2n) is 1.78. The van der Waals surface area contributed by atoms with Crippen LogP contribution in [-0.4, -0.2) is 5.91 Å². The van der Waals surface area contributed by atoms with E-state index in [0.29, 0.717) is 10.7 Å². The molecule has 4 heteroatoms. The fourth-order valence-electron chi connectivity index (χ4n) is 0.581. The number of carbonyl (C=O) groups excluding carboxylic acids is 1. The van der Waals surface area contributed by atoms with E-state index in [1.54, 1.807) is 12.3 Å². The van der Waals surface area contributed by atoms with Crippen molar-refractivity contribution < 1.29 is 9.78 Å². The van der Waals surface area contributed by atoms with Gasteiger partial charge in [0.25, 0.3) is 5.69 Å². The Morgan fingerprint density at radius 2 is 2.40 bits per heavy atom. The molecule has 52 valence electrons. The van der Waals surface area contributed by atoms with Crippen LogP contribution in [0.25, 0.3) is 0 Å². The normalized spacial score (nSPS) is 9.30. The van der Waals surface area contributed by atoms with Crippen LogP contribution >= 0.6 is 11.6 Å². The number of nitrogens with one attached hydrogen (secondary N) is 1. The molecule has 0 saturated carbocycles. The summed E-state index contributed by atoms with van der Waals surface area (Å²) in [5.74, 6) is -0.512. The summed E-state index contributed by atoms with van der Waals surface area (Å²) < 4.78 is 0. The molecule has 0 bridgehead atoms. The first-order valence-corrected chi connectivity index (χ1v) is 3.05. The number of primary amides is 1. The van der Waals surface area contributed by atoms with Gasteiger partial charge in [0.2, 0.25) is 0 Å². The zero-order chi connectivity index (χ0) is 7.56. The number of carbonyl (C=O) groups is 1. The third-order valence-corrected chi connectivity index (χ3v) is 1.26. The van der Waals surface area contributed by atoms with Crippen molar-refractivity contribution in [1.82, 2.24) is 0 Å². The van der Waals surface area contributed by atoms with Crippen LogP contribution in [0.5, 0.6) is 0 Å². The summed E-state index contributed by atoms with van der Waals surface area (Å²) >= 11 is 5.56. The van der Waals surface area contributed by atoms with Crippen molar-refractivity contribution in [3.8, 4) is 0 Å². The number of hydrogen-bond acceptors (Lipinski definition) is 1. The van der Waals surface area contributed by atoms with E-state index in [1.807, 2.05) is 0 Å². The Labute approximate surface area is 62.8 Å². The van der Waals surface area contributed by atoms with E-state index in [4.69, 9.17) is 17.3 Å². The van der Waals surface area contributed by atoms with Gasteiger partial charge in [0.1, 0.15) is 0 Å². The molecule has 0 unspecified atom stereocenters. The zero-order valence-corrected chi connectivity index (χ0v) is 5.85. The highest BCUT2D eigenvalue weighted by Crippen LogP contribution is 2.04. The lowest BCUT2D eigenvalue weighted by Crippen LogP contribution is -2.22. The number of aromatic amines is 1. The fraction of sp³-hybridized carbons (Fsp3) is 0. The van der Waals surface area contributed by atoms with Crippen LogP contribution in [0.15, 0.2) is 18.3 Å². The van der Waals surface area contributed by atoms with Gasteiger partial charge in [0.15, 0.2) is 6.20 Å². The summed E-state index contributed by atoms with van der Waals surface area (Å²) in [6.45, 7) is 0. The molecule has 0 aliphatic carbocycles. The molecule has 1 aromatic heterocycles. The zero-order valence-electron chi connectivity index (χ0n) is 5.10. The predicted octanol–water partition coefficient (Wildman–Crippen LogP) is 0.253. The maximum absolute atomic E-state index is 10.5. The Morgan fingerprint density at radius 1 is 1.70 bits per heavy atom. The SMILES string of the molecule is NC(=O)c1cc(Cl)cc[nH+]1. The van der Waals surface area contributed by atoms with Gasteiger partial charge in [-0.05, 0) is 0 Å². The van der Waals surface area contributed by atoms with Crippen LogP contribution in [0.2, 0.25) is 5.02 Å². The quantitative estimate of drug-likeness (QED) is 0.625. The largest absolute Gasteiger partial charge is 0.360 e. The van der Waals surface area contributed by atoms with E-state index in [2.05, 4.69) is 4.98 Å². The second-order valence-corrected chi connectivity index (χ2v) is 2.22. The molecular weight excluding hydrogens is 152 g/mol. The molecule has 1 heterocycles.